The Bertz CT molecular complexity index is 1000. The van der Waals surface area contributed by atoms with Gasteiger partial charge in [-0.1, -0.05) is 12.1 Å². The van der Waals surface area contributed by atoms with Crippen LogP contribution in [0.3, 0.4) is 0 Å². The summed E-state index contributed by atoms with van der Waals surface area (Å²) in [6, 6.07) is 11.6. The third-order valence-corrected chi connectivity index (χ3v) is 4.66. The van der Waals surface area contributed by atoms with Gasteiger partial charge < -0.3 is 9.64 Å². The van der Waals surface area contributed by atoms with E-state index in [0.717, 1.165) is 11.3 Å². The number of nitrogens with zero attached hydrogens (tertiary/aromatic N) is 5. The lowest BCUT2D eigenvalue weighted by Crippen LogP contribution is -2.29. The number of ether oxygens (including phenoxy) is 1. The molecule has 3 rings (SSSR count). The van der Waals surface area contributed by atoms with E-state index in [4.69, 9.17) is 4.74 Å². The van der Waals surface area contributed by atoms with Gasteiger partial charge in [-0.15, -0.1) is 0 Å². The number of hydrogen-bond acceptors (Lipinski definition) is 6. The molecule has 9 nitrogen and oxygen atoms in total. The number of hydrogen-bond donors (Lipinski definition) is 0. The van der Waals surface area contributed by atoms with Crippen LogP contribution >= 0.6 is 0 Å². The van der Waals surface area contributed by atoms with Crippen molar-refractivity contribution in [1.82, 2.24) is 19.7 Å². The SMILES string of the molecule is CCOc1ccc(C(=O)N(C)[C@@H](C)c2ccc(-n3cncn3)cc2)cc1[N+](=O)[O-]. The average Bonchev–Trinajstić information content (AvgIpc) is 3.27. The van der Waals surface area contributed by atoms with Gasteiger partial charge in [-0.25, -0.2) is 9.67 Å². The van der Waals surface area contributed by atoms with Gasteiger partial charge in [0.15, 0.2) is 5.75 Å². The summed E-state index contributed by atoms with van der Waals surface area (Å²) < 4.78 is 6.92. The fourth-order valence-corrected chi connectivity index (χ4v) is 2.92. The van der Waals surface area contributed by atoms with Gasteiger partial charge in [-0.05, 0) is 43.7 Å². The molecule has 0 bridgehead atoms. The third-order valence-electron chi connectivity index (χ3n) is 4.66. The maximum atomic E-state index is 12.9. The van der Waals surface area contributed by atoms with Gasteiger partial charge in [0, 0.05) is 18.7 Å². The Morgan fingerprint density at radius 1 is 1.28 bits per heavy atom. The van der Waals surface area contributed by atoms with Crippen molar-refractivity contribution in [2.45, 2.75) is 19.9 Å². The van der Waals surface area contributed by atoms with Gasteiger partial charge in [0.05, 0.1) is 23.3 Å². The Hall–Kier alpha value is -3.75. The van der Waals surface area contributed by atoms with Crippen LogP contribution in [0.2, 0.25) is 0 Å². The first kappa shape index (κ1) is 20.0. The molecule has 1 amide bonds. The number of rotatable bonds is 7. The zero-order valence-electron chi connectivity index (χ0n) is 16.3. The molecule has 9 heteroatoms. The number of aromatic nitrogens is 3. The molecule has 0 saturated carbocycles. The van der Waals surface area contributed by atoms with Crippen LogP contribution in [0.15, 0.2) is 55.1 Å². The second kappa shape index (κ2) is 8.51. The van der Waals surface area contributed by atoms with Crippen LogP contribution in [0.1, 0.15) is 35.8 Å². The highest BCUT2D eigenvalue weighted by Gasteiger charge is 2.23. The van der Waals surface area contributed by atoms with Crippen LogP contribution in [0.25, 0.3) is 5.69 Å². The van der Waals surface area contributed by atoms with Crippen molar-refractivity contribution in [3.8, 4) is 11.4 Å². The fourth-order valence-electron chi connectivity index (χ4n) is 2.92. The number of amides is 1. The van der Waals surface area contributed by atoms with Crippen molar-refractivity contribution in [3.05, 3.63) is 76.4 Å². The lowest BCUT2D eigenvalue weighted by atomic mass is 10.1. The molecule has 0 aliphatic carbocycles. The normalized spacial score (nSPS) is 11.7. The van der Waals surface area contributed by atoms with E-state index in [9.17, 15) is 14.9 Å². The molecular formula is C20H21N5O4. The molecule has 150 valence electrons. The van der Waals surface area contributed by atoms with Gasteiger partial charge in [0.25, 0.3) is 5.91 Å². The molecular weight excluding hydrogens is 374 g/mol. The molecule has 0 spiro atoms. The Morgan fingerprint density at radius 3 is 2.59 bits per heavy atom. The summed E-state index contributed by atoms with van der Waals surface area (Å²) in [4.78, 5) is 29.1. The van der Waals surface area contributed by atoms with Crippen LogP contribution in [-0.4, -0.2) is 44.1 Å². The molecule has 3 aromatic rings. The first-order valence-electron chi connectivity index (χ1n) is 9.05. The van der Waals surface area contributed by atoms with E-state index >= 15 is 0 Å². The molecule has 0 fully saturated rings. The predicted molar refractivity (Wildman–Crippen MR) is 106 cm³/mol. The maximum absolute atomic E-state index is 12.9. The summed E-state index contributed by atoms with van der Waals surface area (Å²) in [6.07, 6.45) is 3.06. The van der Waals surface area contributed by atoms with Crippen molar-refractivity contribution in [1.29, 1.82) is 0 Å². The molecule has 0 aliphatic heterocycles. The van der Waals surface area contributed by atoms with Crippen LogP contribution in [0.5, 0.6) is 5.75 Å². The highest BCUT2D eigenvalue weighted by molar-refractivity contribution is 5.95. The van der Waals surface area contributed by atoms with Crippen molar-refractivity contribution >= 4 is 11.6 Å². The quantitative estimate of drug-likeness (QED) is 0.449. The van der Waals surface area contributed by atoms with Crippen LogP contribution in [-0.2, 0) is 0 Å². The number of benzene rings is 2. The first-order chi connectivity index (χ1) is 13.9. The van der Waals surface area contributed by atoms with E-state index in [1.165, 1.54) is 24.5 Å². The van der Waals surface area contributed by atoms with Crippen molar-refractivity contribution < 1.29 is 14.5 Å². The molecule has 0 aliphatic rings. The summed E-state index contributed by atoms with van der Waals surface area (Å²) in [7, 11) is 1.67. The minimum absolute atomic E-state index is 0.147. The van der Waals surface area contributed by atoms with Crippen molar-refractivity contribution in [3.63, 3.8) is 0 Å². The zero-order valence-corrected chi connectivity index (χ0v) is 16.3. The summed E-state index contributed by atoms with van der Waals surface area (Å²) >= 11 is 0. The second-order valence-corrected chi connectivity index (χ2v) is 6.40. The summed E-state index contributed by atoms with van der Waals surface area (Å²) in [5, 5.41) is 15.4. The van der Waals surface area contributed by atoms with Gasteiger partial charge in [0.1, 0.15) is 12.7 Å². The second-order valence-electron chi connectivity index (χ2n) is 6.40. The number of carbonyl (C=O) groups is 1. The fraction of sp³-hybridized carbons (Fsp3) is 0.250. The van der Waals surface area contributed by atoms with Crippen molar-refractivity contribution in [2.24, 2.45) is 0 Å². The van der Waals surface area contributed by atoms with Crippen molar-refractivity contribution in [2.75, 3.05) is 13.7 Å². The Morgan fingerprint density at radius 2 is 2.00 bits per heavy atom. The lowest BCUT2D eigenvalue weighted by Gasteiger charge is -2.25. The Kier molecular flexibility index (Phi) is 5.87. The largest absolute Gasteiger partial charge is 0.487 e. The van der Waals surface area contributed by atoms with E-state index < -0.39 is 4.92 Å². The van der Waals surface area contributed by atoms with Crippen LogP contribution in [0.4, 0.5) is 5.69 Å². The minimum Gasteiger partial charge on any atom is -0.487 e. The number of carbonyl (C=O) groups excluding carboxylic acids is 1. The van der Waals surface area contributed by atoms with Gasteiger partial charge in [-0.3, -0.25) is 14.9 Å². The van der Waals surface area contributed by atoms with Crippen LogP contribution in [0, 0.1) is 10.1 Å². The van der Waals surface area contributed by atoms with Gasteiger partial charge in [-0.2, -0.15) is 5.10 Å². The Balaban J connectivity index is 1.80. The minimum atomic E-state index is -0.548. The van der Waals surface area contributed by atoms with Gasteiger partial charge in [0.2, 0.25) is 0 Å². The molecule has 0 N–H and O–H groups in total. The molecule has 0 unspecified atom stereocenters. The van der Waals surface area contributed by atoms with E-state index in [1.54, 1.807) is 29.9 Å². The summed E-state index contributed by atoms with van der Waals surface area (Å²) in [5.41, 5.74) is 1.78. The van der Waals surface area contributed by atoms with Crippen LogP contribution < -0.4 is 4.74 Å². The number of nitro benzene ring substituents is 1. The highest BCUT2D eigenvalue weighted by Crippen LogP contribution is 2.29. The predicted octanol–water partition coefficient (Wildman–Crippen LogP) is 3.41. The molecule has 2 aromatic carbocycles. The van der Waals surface area contributed by atoms with E-state index in [2.05, 4.69) is 10.1 Å². The molecule has 1 atom stereocenters. The summed E-state index contributed by atoms with van der Waals surface area (Å²) in [5.74, 6) is -0.169. The Labute approximate surface area is 167 Å². The van der Waals surface area contributed by atoms with E-state index in [-0.39, 0.29) is 28.9 Å². The zero-order chi connectivity index (χ0) is 21.0. The lowest BCUT2D eigenvalue weighted by molar-refractivity contribution is -0.385. The number of nitro groups is 1. The standard InChI is InChI=1S/C20H21N5O4/c1-4-29-19-10-7-16(11-18(19)25(27)28)20(26)23(3)14(2)15-5-8-17(9-6-15)24-13-21-12-22-24/h5-14H,4H2,1-3H3/t14-/m0/s1. The molecule has 0 saturated heterocycles. The average molecular weight is 395 g/mol. The highest BCUT2D eigenvalue weighted by atomic mass is 16.6. The van der Waals surface area contributed by atoms with Gasteiger partial charge >= 0.3 is 5.69 Å². The molecule has 0 radical (unpaired) electrons. The first-order valence-corrected chi connectivity index (χ1v) is 9.05. The molecule has 1 heterocycles. The maximum Gasteiger partial charge on any atom is 0.311 e. The summed E-state index contributed by atoms with van der Waals surface area (Å²) in [6.45, 7) is 3.94. The van der Waals surface area contributed by atoms with E-state index in [0.29, 0.717) is 6.61 Å². The molecule has 1 aromatic heterocycles. The molecule has 29 heavy (non-hydrogen) atoms. The monoisotopic (exact) mass is 395 g/mol. The smallest absolute Gasteiger partial charge is 0.311 e. The van der Waals surface area contributed by atoms with E-state index in [1.807, 2.05) is 31.2 Å². The third kappa shape index (κ3) is 4.23. The topological polar surface area (TPSA) is 103 Å².